The Kier molecular flexibility index (Phi) is 12.1. The summed E-state index contributed by atoms with van der Waals surface area (Å²) >= 11 is 2.53. The number of nitrogens with zero attached hydrogens (tertiary/aromatic N) is 4. The Morgan fingerprint density at radius 3 is 1.69 bits per heavy atom. The van der Waals surface area contributed by atoms with E-state index in [2.05, 4.69) is 31.2 Å². The standard InChI is InChI=1S/C38H48N8O6S2/c1-8-18(3)27-35-45-29(21(6)51-35)33(49)39-20(5)37-41-25(16-53-37)31(47)43-28(19(4)9-2)36-46-30(22(7)52-36)34(50)40-24(15-23-13-11-10-12-14-23)38-42-26(17-54-38)32(48)44-27/h10-14,16-22,24,27-30H,8-9,15H2,1-7H3,(H,39,49)(H,40,50)(H,43,47)(H,44,48)/t18?,19?,20-,21-,22-,24-,27+,28+,29+,30+/m1/s1. The molecule has 2 unspecified atom stereocenters. The van der Waals surface area contributed by atoms with E-state index in [-0.39, 0.29) is 46.8 Å². The van der Waals surface area contributed by atoms with Crippen molar-refractivity contribution >= 4 is 58.1 Å². The van der Waals surface area contributed by atoms with Crippen molar-refractivity contribution in [1.82, 2.24) is 31.2 Å². The molecular weight excluding hydrogens is 729 g/mol. The van der Waals surface area contributed by atoms with Gasteiger partial charge < -0.3 is 30.7 Å². The Hall–Kier alpha value is -4.70. The van der Waals surface area contributed by atoms with Crippen molar-refractivity contribution in [1.29, 1.82) is 0 Å². The first kappa shape index (κ1) is 39.0. The molecule has 1 aromatic carbocycles. The van der Waals surface area contributed by atoms with Crippen molar-refractivity contribution in [3.8, 4) is 0 Å². The fourth-order valence-corrected chi connectivity index (χ4v) is 8.17. The van der Waals surface area contributed by atoms with Crippen molar-refractivity contribution in [2.24, 2.45) is 21.8 Å². The zero-order valence-corrected chi connectivity index (χ0v) is 33.1. The second kappa shape index (κ2) is 16.8. The van der Waals surface area contributed by atoms with Crippen molar-refractivity contribution in [2.45, 2.75) is 116 Å². The third-order valence-electron chi connectivity index (χ3n) is 10.2. The lowest BCUT2D eigenvalue weighted by Crippen LogP contribution is -2.45. The average molecular weight is 777 g/mol. The van der Waals surface area contributed by atoms with Crippen LogP contribution in [0.2, 0.25) is 0 Å². The molecule has 8 bridgehead atoms. The summed E-state index contributed by atoms with van der Waals surface area (Å²) in [6, 6.07) is 5.62. The number of aliphatic imine (C=N–C) groups is 2. The van der Waals surface area contributed by atoms with Crippen LogP contribution in [0, 0.1) is 11.8 Å². The lowest BCUT2D eigenvalue weighted by Gasteiger charge is -2.24. The summed E-state index contributed by atoms with van der Waals surface area (Å²) in [5, 5.41) is 16.6. The maximum Gasteiger partial charge on any atom is 0.271 e. The molecule has 6 rings (SSSR count). The first-order valence-corrected chi connectivity index (χ1v) is 20.3. The van der Waals surface area contributed by atoms with E-state index in [9.17, 15) is 19.2 Å². The molecule has 0 saturated carbocycles. The number of rotatable bonds is 6. The van der Waals surface area contributed by atoms with Crippen LogP contribution in [0.1, 0.15) is 110 Å². The maximum atomic E-state index is 14.0. The molecule has 0 spiro atoms. The highest BCUT2D eigenvalue weighted by atomic mass is 32.1. The molecule has 4 N–H and O–H groups in total. The minimum Gasteiger partial charge on any atom is -0.474 e. The Labute approximate surface area is 323 Å². The van der Waals surface area contributed by atoms with Gasteiger partial charge in [0.05, 0.1) is 12.1 Å². The Morgan fingerprint density at radius 2 is 1.17 bits per heavy atom. The molecule has 10 atom stereocenters. The highest BCUT2D eigenvalue weighted by Crippen LogP contribution is 2.28. The number of thiazole rings is 2. The molecule has 0 saturated heterocycles. The predicted molar refractivity (Wildman–Crippen MR) is 207 cm³/mol. The van der Waals surface area contributed by atoms with Gasteiger partial charge in [0.2, 0.25) is 23.6 Å². The van der Waals surface area contributed by atoms with Crippen LogP contribution in [0.3, 0.4) is 0 Å². The van der Waals surface area contributed by atoms with Gasteiger partial charge in [-0.3, -0.25) is 19.2 Å². The number of ether oxygens (including phenoxy) is 2. The first-order valence-electron chi connectivity index (χ1n) is 18.5. The lowest BCUT2D eigenvalue weighted by molar-refractivity contribution is -0.125. The lowest BCUT2D eigenvalue weighted by atomic mass is 9.98. The van der Waals surface area contributed by atoms with Gasteiger partial charge in [-0.1, -0.05) is 70.9 Å². The third kappa shape index (κ3) is 8.49. The van der Waals surface area contributed by atoms with Crippen LogP contribution in [-0.4, -0.2) is 81.8 Å². The number of benzene rings is 1. The SMILES string of the molecule is CCC(C)[C@@H]1NC(=O)c2csc(n2)[C@@H](Cc2ccccc2)NC(=O)[C@H]2N=C(O[C@@H]2C)[C@H](C(C)CC)NC(=O)c2csc(n2)[C@@H](C)NC(=O)[C@H]2N=C1O[C@@H]2C. The monoisotopic (exact) mass is 776 g/mol. The predicted octanol–water partition coefficient (Wildman–Crippen LogP) is 4.55. The van der Waals surface area contributed by atoms with Crippen LogP contribution in [0.4, 0.5) is 0 Å². The zero-order chi connectivity index (χ0) is 38.7. The topological polar surface area (TPSA) is 185 Å². The number of amides is 4. The normalized spacial score (nSPS) is 28.9. The third-order valence-corrected chi connectivity index (χ3v) is 12.2. The summed E-state index contributed by atoms with van der Waals surface area (Å²) in [4.78, 5) is 73.7. The first-order chi connectivity index (χ1) is 25.9. The molecule has 16 heteroatoms. The van der Waals surface area contributed by atoms with Crippen LogP contribution in [0.5, 0.6) is 0 Å². The second-order valence-corrected chi connectivity index (χ2v) is 16.0. The maximum absolute atomic E-state index is 14.0. The van der Waals surface area contributed by atoms with E-state index < -0.39 is 60.3 Å². The van der Waals surface area contributed by atoms with E-state index in [1.165, 1.54) is 22.7 Å². The molecule has 3 aliphatic rings. The van der Waals surface area contributed by atoms with E-state index in [4.69, 9.17) is 19.5 Å². The molecule has 0 aliphatic carbocycles. The van der Waals surface area contributed by atoms with Gasteiger partial charge in [0.1, 0.15) is 45.7 Å². The van der Waals surface area contributed by atoms with E-state index in [0.29, 0.717) is 29.3 Å². The highest BCUT2D eigenvalue weighted by molar-refractivity contribution is 7.10. The fourth-order valence-electron chi connectivity index (χ4n) is 6.51. The summed E-state index contributed by atoms with van der Waals surface area (Å²) in [7, 11) is 0. The van der Waals surface area contributed by atoms with E-state index >= 15 is 0 Å². The van der Waals surface area contributed by atoms with Gasteiger partial charge in [0, 0.05) is 10.8 Å². The minimum absolute atomic E-state index is 0.0803. The Bertz CT molecular complexity index is 1910. The van der Waals surface area contributed by atoms with Crippen LogP contribution >= 0.6 is 22.7 Å². The molecule has 0 radical (unpaired) electrons. The fraction of sp³-hybridized carbons (Fsp3) is 0.526. The van der Waals surface area contributed by atoms with E-state index in [1.54, 1.807) is 31.5 Å². The minimum atomic E-state index is -0.889. The molecule has 54 heavy (non-hydrogen) atoms. The largest absolute Gasteiger partial charge is 0.474 e. The van der Waals surface area contributed by atoms with Crippen LogP contribution in [0.25, 0.3) is 0 Å². The van der Waals surface area contributed by atoms with Gasteiger partial charge in [0.25, 0.3) is 11.8 Å². The molecule has 0 fully saturated rings. The number of carbonyl (C=O) groups excluding carboxylic acids is 4. The van der Waals surface area contributed by atoms with Gasteiger partial charge in [-0.15, -0.1) is 22.7 Å². The average Bonchev–Trinajstić information content (AvgIpc) is 3.98. The molecular formula is C38H48N8O6S2. The van der Waals surface area contributed by atoms with Crippen LogP contribution < -0.4 is 21.3 Å². The summed E-state index contributed by atoms with van der Waals surface area (Å²) in [5.41, 5.74) is 1.35. The van der Waals surface area contributed by atoms with E-state index in [1.807, 2.05) is 58.0 Å². The van der Waals surface area contributed by atoms with Crippen molar-refractivity contribution in [2.75, 3.05) is 0 Å². The molecule has 14 nitrogen and oxygen atoms in total. The number of fused-ring (bicyclic) bond motifs is 6. The van der Waals surface area contributed by atoms with Crippen molar-refractivity contribution in [3.63, 3.8) is 0 Å². The van der Waals surface area contributed by atoms with Crippen molar-refractivity contribution in [3.05, 3.63) is 68.1 Å². The van der Waals surface area contributed by atoms with Gasteiger partial charge in [-0.05, 0) is 44.6 Å². The number of hydrogen-bond acceptors (Lipinski definition) is 12. The van der Waals surface area contributed by atoms with Crippen LogP contribution in [-0.2, 0) is 25.5 Å². The Balaban J connectivity index is 1.38. The number of hydrogen-bond donors (Lipinski definition) is 4. The molecule has 5 heterocycles. The van der Waals surface area contributed by atoms with Gasteiger partial charge >= 0.3 is 0 Å². The van der Waals surface area contributed by atoms with Gasteiger partial charge in [-0.25, -0.2) is 20.0 Å². The number of aromatic nitrogens is 2. The number of nitrogens with one attached hydrogen (secondary N) is 4. The number of carbonyl (C=O) groups is 4. The smallest absolute Gasteiger partial charge is 0.271 e. The van der Waals surface area contributed by atoms with E-state index in [0.717, 1.165) is 5.56 Å². The zero-order valence-electron chi connectivity index (χ0n) is 31.5. The summed E-state index contributed by atoms with van der Waals surface area (Å²) in [6.07, 6.45) is 0.630. The summed E-state index contributed by atoms with van der Waals surface area (Å²) in [5.74, 6) is -1.18. The van der Waals surface area contributed by atoms with Gasteiger partial charge in [0.15, 0.2) is 12.1 Å². The quantitative estimate of drug-likeness (QED) is 0.281. The summed E-state index contributed by atoms with van der Waals surface area (Å²) in [6.45, 7) is 13.3. The van der Waals surface area contributed by atoms with Crippen molar-refractivity contribution < 1.29 is 28.7 Å². The molecule has 3 aliphatic heterocycles. The molecule has 288 valence electrons. The van der Waals surface area contributed by atoms with Gasteiger partial charge in [-0.2, -0.15) is 0 Å². The summed E-state index contributed by atoms with van der Waals surface area (Å²) < 4.78 is 12.3. The molecule has 2 aromatic heterocycles. The molecule has 3 aromatic rings. The Morgan fingerprint density at radius 1 is 0.685 bits per heavy atom. The molecule has 4 amide bonds. The van der Waals surface area contributed by atoms with Crippen LogP contribution in [0.15, 0.2) is 51.1 Å². The second-order valence-electron chi connectivity index (χ2n) is 14.3. The highest BCUT2D eigenvalue weighted by Gasteiger charge is 2.41.